The van der Waals surface area contributed by atoms with Crippen molar-refractivity contribution in [1.29, 1.82) is 0 Å². The van der Waals surface area contributed by atoms with Crippen molar-refractivity contribution in [3.8, 4) is 0 Å². The van der Waals surface area contributed by atoms with Gasteiger partial charge in [-0.2, -0.15) is 0 Å². The van der Waals surface area contributed by atoms with Crippen LogP contribution in [0.2, 0.25) is 0 Å². The third kappa shape index (κ3) is 4.38. The number of hydrogen-bond acceptors (Lipinski definition) is 0. The molecule has 0 amide bonds. The van der Waals surface area contributed by atoms with Crippen LogP contribution in [0.3, 0.4) is 0 Å². The average molecular weight is 218 g/mol. The van der Waals surface area contributed by atoms with Crippen LogP contribution in [0.4, 0.5) is 0 Å². The molecule has 0 saturated heterocycles. The minimum absolute atomic E-state index is 0.440. The molecule has 0 aromatic heterocycles. The van der Waals surface area contributed by atoms with Crippen molar-refractivity contribution in [3.05, 3.63) is 35.4 Å². The first-order chi connectivity index (χ1) is 7.42. The van der Waals surface area contributed by atoms with Gasteiger partial charge in [0.1, 0.15) is 0 Å². The Balaban J connectivity index is 2.58. The van der Waals surface area contributed by atoms with E-state index in [2.05, 4.69) is 58.9 Å². The maximum Gasteiger partial charge on any atom is -0.0193 e. The number of benzene rings is 1. The van der Waals surface area contributed by atoms with Crippen LogP contribution in [-0.4, -0.2) is 0 Å². The van der Waals surface area contributed by atoms with Gasteiger partial charge in [-0.3, -0.25) is 0 Å². The lowest BCUT2D eigenvalue weighted by atomic mass is 9.88. The van der Waals surface area contributed by atoms with E-state index in [1.165, 1.54) is 30.4 Å². The van der Waals surface area contributed by atoms with Gasteiger partial charge < -0.3 is 0 Å². The van der Waals surface area contributed by atoms with Crippen LogP contribution in [0, 0.1) is 5.41 Å². The van der Waals surface area contributed by atoms with Crippen molar-refractivity contribution in [2.24, 2.45) is 5.41 Å². The first kappa shape index (κ1) is 13.3. The number of hydrogen-bond donors (Lipinski definition) is 0. The molecule has 0 saturated carbocycles. The molecule has 0 bridgehead atoms. The zero-order valence-corrected chi connectivity index (χ0v) is 11.5. The molecule has 0 heteroatoms. The molecular weight excluding hydrogens is 192 g/mol. The molecule has 1 aromatic rings. The molecule has 1 rings (SSSR count). The summed E-state index contributed by atoms with van der Waals surface area (Å²) < 4.78 is 0. The van der Waals surface area contributed by atoms with Crippen LogP contribution in [0.1, 0.15) is 64.5 Å². The van der Waals surface area contributed by atoms with Crippen molar-refractivity contribution in [2.45, 2.75) is 59.8 Å². The lowest BCUT2D eigenvalue weighted by Crippen LogP contribution is -2.06. The van der Waals surface area contributed by atoms with Crippen molar-refractivity contribution in [3.63, 3.8) is 0 Å². The van der Waals surface area contributed by atoms with Crippen molar-refractivity contribution in [2.75, 3.05) is 0 Å². The van der Waals surface area contributed by atoms with Gasteiger partial charge in [-0.15, -0.1) is 0 Å². The van der Waals surface area contributed by atoms with Gasteiger partial charge in [-0.1, -0.05) is 58.9 Å². The summed E-state index contributed by atoms with van der Waals surface area (Å²) in [5.41, 5.74) is 3.39. The fraction of sp³-hybridized carbons (Fsp3) is 0.625. The Hall–Kier alpha value is -0.780. The second-order valence-corrected chi connectivity index (χ2v) is 6.11. The van der Waals surface area contributed by atoms with Crippen molar-refractivity contribution in [1.82, 2.24) is 0 Å². The molecule has 0 heterocycles. The molecule has 0 aliphatic heterocycles. The van der Waals surface area contributed by atoms with E-state index in [4.69, 9.17) is 0 Å². The Labute approximate surface area is 101 Å². The van der Waals surface area contributed by atoms with Gasteiger partial charge in [0.05, 0.1) is 0 Å². The van der Waals surface area contributed by atoms with E-state index < -0.39 is 0 Å². The number of aryl methyl sites for hydroxylation is 1. The van der Waals surface area contributed by atoms with E-state index in [0.717, 1.165) is 0 Å². The number of rotatable bonds is 4. The highest BCUT2D eigenvalue weighted by Gasteiger charge is 2.10. The molecule has 90 valence electrons. The molecule has 0 aliphatic rings. The predicted molar refractivity (Wildman–Crippen MR) is 72.9 cm³/mol. The van der Waals surface area contributed by atoms with Crippen LogP contribution in [0.15, 0.2) is 24.3 Å². The largest absolute Gasteiger partial charge is 0.0648 e. The summed E-state index contributed by atoms with van der Waals surface area (Å²) in [5, 5.41) is 0. The zero-order chi connectivity index (χ0) is 12.2. The fourth-order valence-corrected chi connectivity index (χ4v) is 1.77. The summed E-state index contributed by atoms with van der Waals surface area (Å²) in [6.45, 7) is 11.5. The zero-order valence-electron chi connectivity index (χ0n) is 11.5. The monoisotopic (exact) mass is 218 g/mol. The highest BCUT2D eigenvalue weighted by Crippen LogP contribution is 2.23. The summed E-state index contributed by atoms with van der Waals surface area (Å²) in [6.07, 6.45) is 3.68. The average Bonchev–Trinajstić information content (AvgIpc) is 2.25. The molecule has 1 unspecified atom stereocenters. The van der Waals surface area contributed by atoms with E-state index in [1.807, 2.05) is 0 Å². The Morgan fingerprint density at radius 1 is 1.06 bits per heavy atom. The van der Waals surface area contributed by atoms with Crippen LogP contribution >= 0.6 is 0 Å². The fourth-order valence-electron chi connectivity index (χ4n) is 1.77. The SMILES string of the molecule is CCC(C)c1ccc(CCC(C)(C)C)cc1. The van der Waals surface area contributed by atoms with E-state index in [0.29, 0.717) is 11.3 Å². The third-order valence-corrected chi connectivity index (χ3v) is 3.32. The van der Waals surface area contributed by atoms with Gasteiger partial charge in [-0.25, -0.2) is 0 Å². The minimum atomic E-state index is 0.440. The quantitative estimate of drug-likeness (QED) is 0.653. The van der Waals surface area contributed by atoms with Gasteiger partial charge in [0.2, 0.25) is 0 Å². The first-order valence-electron chi connectivity index (χ1n) is 6.51. The standard InChI is InChI=1S/C16H26/c1-6-13(2)15-9-7-14(8-10-15)11-12-16(3,4)5/h7-10,13H,6,11-12H2,1-5H3. The second-order valence-electron chi connectivity index (χ2n) is 6.11. The highest BCUT2D eigenvalue weighted by atomic mass is 14.2. The van der Waals surface area contributed by atoms with Crippen LogP contribution in [0.25, 0.3) is 0 Å². The summed E-state index contributed by atoms with van der Waals surface area (Å²) >= 11 is 0. The highest BCUT2D eigenvalue weighted by molar-refractivity contribution is 5.25. The summed E-state index contributed by atoms with van der Waals surface area (Å²) in [5.74, 6) is 0.691. The smallest absolute Gasteiger partial charge is 0.0193 e. The van der Waals surface area contributed by atoms with Crippen molar-refractivity contribution >= 4 is 0 Å². The van der Waals surface area contributed by atoms with Gasteiger partial charge in [-0.05, 0) is 41.7 Å². The van der Waals surface area contributed by atoms with E-state index in [9.17, 15) is 0 Å². The minimum Gasteiger partial charge on any atom is -0.0648 e. The normalized spacial score (nSPS) is 13.8. The summed E-state index contributed by atoms with van der Waals surface area (Å²) in [4.78, 5) is 0. The van der Waals surface area contributed by atoms with Crippen LogP contribution in [0.5, 0.6) is 0 Å². The first-order valence-corrected chi connectivity index (χ1v) is 6.51. The molecule has 0 fully saturated rings. The molecule has 0 radical (unpaired) electrons. The Morgan fingerprint density at radius 2 is 1.62 bits per heavy atom. The Kier molecular flexibility index (Phi) is 4.58. The molecule has 0 spiro atoms. The topological polar surface area (TPSA) is 0 Å². The molecule has 0 nitrogen and oxygen atoms in total. The van der Waals surface area contributed by atoms with E-state index in [-0.39, 0.29) is 0 Å². The van der Waals surface area contributed by atoms with Gasteiger partial charge in [0.15, 0.2) is 0 Å². The lowest BCUT2D eigenvalue weighted by molar-refractivity contribution is 0.378. The van der Waals surface area contributed by atoms with Crippen molar-refractivity contribution < 1.29 is 0 Å². The molecule has 1 aromatic carbocycles. The molecule has 0 N–H and O–H groups in total. The molecule has 1 atom stereocenters. The maximum absolute atomic E-state index is 2.31. The maximum atomic E-state index is 2.31. The molecule has 16 heavy (non-hydrogen) atoms. The third-order valence-electron chi connectivity index (χ3n) is 3.32. The predicted octanol–water partition coefficient (Wildman–Crippen LogP) is 5.18. The Morgan fingerprint density at radius 3 is 2.06 bits per heavy atom. The molecular formula is C16H26. The Bertz CT molecular complexity index is 300. The van der Waals surface area contributed by atoms with Gasteiger partial charge in [0.25, 0.3) is 0 Å². The van der Waals surface area contributed by atoms with E-state index >= 15 is 0 Å². The second kappa shape index (κ2) is 5.52. The lowest BCUT2D eigenvalue weighted by Gasteiger charge is -2.18. The van der Waals surface area contributed by atoms with Gasteiger partial charge in [0, 0.05) is 0 Å². The van der Waals surface area contributed by atoms with E-state index in [1.54, 1.807) is 0 Å². The summed E-state index contributed by atoms with van der Waals surface area (Å²) in [7, 11) is 0. The molecule has 0 aliphatic carbocycles. The van der Waals surface area contributed by atoms with Crippen LogP contribution < -0.4 is 0 Å². The summed E-state index contributed by atoms with van der Waals surface area (Å²) in [6, 6.07) is 9.19. The van der Waals surface area contributed by atoms with Gasteiger partial charge >= 0.3 is 0 Å². The van der Waals surface area contributed by atoms with Crippen LogP contribution in [-0.2, 0) is 6.42 Å².